The van der Waals surface area contributed by atoms with Gasteiger partial charge in [-0.25, -0.2) is 9.59 Å². The molecular weight excluding hydrogens is 630 g/mol. The standard InChI is InChI=1S/C32H45N3O11Si/c1-18(2)47(19(3)4,20(5)6)46-25-13-11-10-12-24(25)16-42-32(40)34-27-14-15-35(31(39)33-27)30-29(44-23(9)38)28(43-22(8)37)26(45-30)17-41-21(7)36/h10-15,18-20,26,28-30H,16-17H2,1-9H3,(H,33,34,39,40)/t26-,28-,29-,30-/m1/s1. The second kappa shape index (κ2) is 16.0. The van der Waals surface area contributed by atoms with E-state index >= 15 is 0 Å². The predicted octanol–water partition coefficient (Wildman–Crippen LogP) is 4.87. The van der Waals surface area contributed by atoms with Crippen LogP contribution in [0.1, 0.15) is 74.1 Å². The van der Waals surface area contributed by atoms with Crippen LogP contribution in [0, 0.1) is 0 Å². The number of nitrogens with one attached hydrogen (secondary N) is 1. The van der Waals surface area contributed by atoms with E-state index in [2.05, 4.69) is 51.8 Å². The highest BCUT2D eigenvalue weighted by molar-refractivity contribution is 6.78. The van der Waals surface area contributed by atoms with Crippen molar-refractivity contribution >= 4 is 38.1 Å². The molecule has 2 aromatic rings. The zero-order valence-corrected chi connectivity index (χ0v) is 29.3. The molecule has 1 aromatic heterocycles. The zero-order chi connectivity index (χ0) is 35.1. The summed E-state index contributed by atoms with van der Waals surface area (Å²) in [5.41, 5.74) is 0.860. The molecule has 47 heavy (non-hydrogen) atoms. The third-order valence-corrected chi connectivity index (χ3v) is 14.0. The molecule has 2 heterocycles. The van der Waals surface area contributed by atoms with Gasteiger partial charge in [-0.1, -0.05) is 59.7 Å². The number of anilines is 1. The largest absolute Gasteiger partial charge is 0.542 e. The molecule has 4 atom stereocenters. The van der Waals surface area contributed by atoms with Crippen LogP contribution in [0.4, 0.5) is 10.6 Å². The Balaban J connectivity index is 1.77. The molecule has 0 radical (unpaired) electrons. The third kappa shape index (κ3) is 9.19. The first-order valence-electron chi connectivity index (χ1n) is 15.5. The fourth-order valence-electron chi connectivity index (χ4n) is 6.14. The smallest absolute Gasteiger partial charge is 0.413 e. The van der Waals surface area contributed by atoms with E-state index in [0.29, 0.717) is 27.9 Å². The quantitative estimate of drug-likeness (QED) is 0.174. The Labute approximate surface area is 275 Å². The Kier molecular flexibility index (Phi) is 12.7. The lowest BCUT2D eigenvalue weighted by Gasteiger charge is -2.42. The molecule has 258 valence electrons. The number of ether oxygens (including phenoxy) is 5. The number of rotatable bonds is 13. The molecule has 0 bridgehead atoms. The SMILES string of the molecule is CC(=O)OC[C@H]1O[C@@H](n2ccc(NC(=O)OCc3ccccc3O[Si](C(C)C)(C(C)C)C(C)C)nc2=O)[C@H](OC(C)=O)[C@@H]1OC(C)=O. The normalized spacial score (nSPS) is 19.4. The van der Waals surface area contributed by atoms with Gasteiger partial charge in [0.05, 0.1) is 0 Å². The Morgan fingerprint density at radius 3 is 2.02 bits per heavy atom. The first kappa shape index (κ1) is 37.2. The van der Waals surface area contributed by atoms with Crippen molar-refractivity contribution in [1.29, 1.82) is 0 Å². The number of hydrogen-bond donors (Lipinski definition) is 1. The first-order valence-corrected chi connectivity index (χ1v) is 17.6. The van der Waals surface area contributed by atoms with Gasteiger partial charge in [-0.3, -0.25) is 24.3 Å². The molecule has 1 aliphatic heterocycles. The van der Waals surface area contributed by atoms with Gasteiger partial charge >= 0.3 is 29.7 Å². The molecule has 0 unspecified atom stereocenters. The summed E-state index contributed by atoms with van der Waals surface area (Å²) in [6.07, 6.45) is -4.40. The van der Waals surface area contributed by atoms with Crippen molar-refractivity contribution in [3.05, 3.63) is 52.6 Å². The maximum atomic E-state index is 13.1. The van der Waals surface area contributed by atoms with Crippen LogP contribution in [0.25, 0.3) is 0 Å². The van der Waals surface area contributed by atoms with Crippen LogP contribution in [0.15, 0.2) is 41.3 Å². The molecule has 1 fully saturated rings. The van der Waals surface area contributed by atoms with E-state index in [1.165, 1.54) is 19.2 Å². The van der Waals surface area contributed by atoms with E-state index in [0.717, 1.165) is 18.4 Å². The highest BCUT2D eigenvalue weighted by Crippen LogP contribution is 2.43. The van der Waals surface area contributed by atoms with E-state index in [1.54, 1.807) is 0 Å². The minimum Gasteiger partial charge on any atom is -0.542 e. The van der Waals surface area contributed by atoms with Crippen LogP contribution in [0.5, 0.6) is 5.75 Å². The van der Waals surface area contributed by atoms with E-state index in [4.69, 9.17) is 28.1 Å². The highest BCUT2D eigenvalue weighted by Gasteiger charge is 2.51. The number of benzene rings is 1. The minimum absolute atomic E-state index is 0.0842. The number of para-hydroxylation sites is 1. The zero-order valence-electron chi connectivity index (χ0n) is 28.3. The molecule has 1 saturated heterocycles. The van der Waals surface area contributed by atoms with E-state index < -0.39 is 62.5 Å². The molecule has 0 spiro atoms. The summed E-state index contributed by atoms with van der Waals surface area (Å²) in [6.45, 7) is 16.2. The Morgan fingerprint density at radius 2 is 1.47 bits per heavy atom. The predicted molar refractivity (Wildman–Crippen MR) is 172 cm³/mol. The first-order chi connectivity index (χ1) is 22.1. The van der Waals surface area contributed by atoms with E-state index in [-0.39, 0.29) is 19.0 Å². The Hall–Kier alpha value is -4.24. The summed E-state index contributed by atoms with van der Waals surface area (Å²) in [4.78, 5) is 64.9. The van der Waals surface area contributed by atoms with Gasteiger partial charge in [0, 0.05) is 32.5 Å². The fraction of sp³-hybridized carbons (Fsp3) is 0.562. The number of nitrogens with zero attached hydrogens (tertiary/aromatic N) is 2. The molecule has 0 saturated carbocycles. The number of carbonyl (C=O) groups excluding carboxylic acids is 4. The maximum absolute atomic E-state index is 13.1. The highest BCUT2D eigenvalue weighted by atomic mass is 28.4. The minimum atomic E-state index is -2.27. The van der Waals surface area contributed by atoms with Crippen LogP contribution in [-0.4, -0.2) is 66.8 Å². The summed E-state index contributed by atoms with van der Waals surface area (Å²) >= 11 is 0. The van der Waals surface area contributed by atoms with Crippen LogP contribution in [0.2, 0.25) is 16.6 Å². The number of hydrogen-bond acceptors (Lipinski definition) is 12. The molecule has 1 amide bonds. The Morgan fingerprint density at radius 1 is 0.872 bits per heavy atom. The monoisotopic (exact) mass is 675 g/mol. The molecule has 14 nitrogen and oxygen atoms in total. The summed E-state index contributed by atoms with van der Waals surface area (Å²) in [6, 6.07) is 8.75. The van der Waals surface area contributed by atoms with Gasteiger partial charge in [0.1, 0.15) is 30.9 Å². The summed E-state index contributed by atoms with van der Waals surface area (Å²) < 4.78 is 34.9. The molecular formula is C32H45N3O11Si. The van der Waals surface area contributed by atoms with Gasteiger partial charge in [0.2, 0.25) is 0 Å². The summed E-state index contributed by atoms with van der Waals surface area (Å²) in [5, 5.41) is 2.44. The van der Waals surface area contributed by atoms with Gasteiger partial charge in [0.25, 0.3) is 8.32 Å². The number of aromatic nitrogens is 2. The maximum Gasteiger partial charge on any atom is 0.413 e. The number of esters is 3. The topological polar surface area (TPSA) is 171 Å². The van der Waals surface area contributed by atoms with Crippen molar-refractivity contribution in [3.8, 4) is 5.75 Å². The lowest BCUT2D eigenvalue weighted by atomic mass is 10.1. The van der Waals surface area contributed by atoms with Crippen LogP contribution in [-0.2, 0) is 44.7 Å². The molecule has 1 aliphatic rings. The third-order valence-electron chi connectivity index (χ3n) is 8.00. The van der Waals surface area contributed by atoms with E-state index in [1.807, 2.05) is 24.3 Å². The summed E-state index contributed by atoms with van der Waals surface area (Å²) in [7, 11) is -2.27. The molecule has 1 aromatic carbocycles. The van der Waals surface area contributed by atoms with Crippen LogP contribution < -0.4 is 15.4 Å². The fourth-order valence-corrected chi connectivity index (χ4v) is 11.4. The molecule has 15 heteroatoms. The van der Waals surface area contributed by atoms with Gasteiger partial charge in [-0.2, -0.15) is 4.98 Å². The second-order valence-electron chi connectivity index (χ2n) is 12.2. The molecule has 1 N–H and O–H groups in total. The summed E-state index contributed by atoms with van der Waals surface area (Å²) in [5.74, 6) is -1.49. The molecule has 0 aliphatic carbocycles. The van der Waals surface area contributed by atoms with Crippen molar-refractivity contribution in [2.75, 3.05) is 11.9 Å². The van der Waals surface area contributed by atoms with Gasteiger partial charge < -0.3 is 28.1 Å². The van der Waals surface area contributed by atoms with Gasteiger partial charge in [0.15, 0.2) is 18.4 Å². The number of amides is 1. The van der Waals surface area contributed by atoms with Crippen molar-refractivity contribution in [3.63, 3.8) is 0 Å². The Bertz CT molecular complexity index is 1470. The second-order valence-corrected chi connectivity index (χ2v) is 17.6. The van der Waals surface area contributed by atoms with Crippen molar-refractivity contribution < 1.29 is 47.3 Å². The van der Waals surface area contributed by atoms with Crippen molar-refractivity contribution in [1.82, 2.24) is 9.55 Å². The lowest BCUT2D eigenvalue weighted by Crippen LogP contribution is -2.50. The van der Waals surface area contributed by atoms with Crippen molar-refractivity contribution in [2.24, 2.45) is 0 Å². The van der Waals surface area contributed by atoms with Crippen molar-refractivity contribution in [2.45, 2.75) is 110 Å². The van der Waals surface area contributed by atoms with Gasteiger partial charge in [-0.15, -0.1) is 0 Å². The average molecular weight is 676 g/mol. The number of carbonyl (C=O) groups is 4. The lowest BCUT2D eigenvalue weighted by molar-refractivity contribution is -0.166. The average Bonchev–Trinajstić information content (AvgIpc) is 3.28. The van der Waals surface area contributed by atoms with Crippen LogP contribution in [0.3, 0.4) is 0 Å². The van der Waals surface area contributed by atoms with Crippen LogP contribution >= 0.6 is 0 Å². The van der Waals surface area contributed by atoms with Gasteiger partial charge in [-0.05, 0) is 28.8 Å². The van der Waals surface area contributed by atoms with E-state index in [9.17, 15) is 24.0 Å². The molecule has 3 rings (SSSR count).